The number of para-hydroxylation sites is 2. The summed E-state index contributed by atoms with van der Waals surface area (Å²) in [6.45, 7) is -2.92. The monoisotopic (exact) mass is 413 g/mol. The minimum absolute atomic E-state index is 0.0463. The van der Waals surface area contributed by atoms with Crippen LogP contribution in [0.15, 0.2) is 60.1 Å². The summed E-state index contributed by atoms with van der Waals surface area (Å²) in [6.07, 6.45) is 2.82. The Morgan fingerprint density at radius 1 is 1.17 bits per heavy atom. The van der Waals surface area contributed by atoms with Crippen LogP contribution < -0.4 is 10.1 Å². The summed E-state index contributed by atoms with van der Waals surface area (Å²) in [5.74, 6) is -0.113. The number of H-pyrrole nitrogens is 1. The van der Waals surface area contributed by atoms with Gasteiger partial charge in [-0.25, -0.2) is 4.98 Å². The number of hydrogen-bond acceptors (Lipinski definition) is 4. The molecule has 0 atom stereocenters. The molecule has 2 aromatic carbocycles. The first-order chi connectivity index (χ1) is 14.1. The Kier molecular flexibility index (Phi) is 5.53. The van der Waals surface area contributed by atoms with E-state index in [1.54, 1.807) is 23.6 Å². The van der Waals surface area contributed by atoms with Crippen molar-refractivity contribution in [1.29, 1.82) is 0 Å². The Balaban J connectivity index is 1.41. The maximum absolute atomic E-state index is 12.6. The van der Waals surface area contributed by atoms with Crippen LogP contribution in [0.3, 0.4) is 0 Å². The van der Waals surface area contributed by atoms with Crippen LogP contribution in [0, 0.1) is 0 Å². The molecule has 4 rings (SSSR count). The molecule has 0 spiro atoms. The van der Waals surface area contributed by atoms with Crippen LogP contribution in [-0.2, 0) is 11.2 Å². The number of aromatic nitrogens is 2. The van der Waals surface area contributed by atoms with Gasteiger partial charge < -0.3 is 15.0 Å². The number of anilines is 1. The number of halogens is 2. The minimum Gasteiger partial charge on any atom is -0.434 e. The number of aryl methyl sites for hydroxylation is 1. The standard InChI is InChI=1S/C21H17F2N3O2S/c22-20(23)28-18-8-4-2-6-15(18)17-12-29-21(25-17)26-19(27)10-9-13-11-24-16-7-3-1-5-14(13)16/h1-8,11-12,20,24H,9-10H2,(H,25,26,27). The molecule has 0 bridgehead atoms. The second-order valence-electron chi connectivity index (χ2n) is 6.32. The van der Waals surface area contributed by atoms with Crippen LogP contribution >= 0.6 is 11.3 Å². The number of aromatic amines is 1. The van der Waals surface area contributed by atoms with Crippen molar-refractivity contribution in [1.82, 2.24) is 9.97 Å². The van der Waals surface area contributed by atoms with E-state index in [0.29, 0.717) is 29.2 Å². The Hall–Kier alpha value is -3.26. The van der Waals surface area contributed by atoms with E-state index in [-0.39, 0.29) is 11.7 Å². The molecule has 8 heteroatoms. The fourth-order valence-electron chi connectivity index (χ4n) is 3.10. The second-order valence-corrected chi connectivity index (χ2v) is 7.18. The van der Waals surface area contributed by atoms with Crippen molar-refractivity contribution in [3.05, 3.63) is 65.7 Å². The number of thiazole rings is 1. The number of amides is 1. The zero-order valence-corrected chi connectivity index (χ0v) is 16.0. The summed E-state index contributed by atoms with van der Waals surface area (Å²) < 4.78 is 29.7. The predicted molar refractivity (Wildman–Crippen MR) is 109 cm³/mol. The average molecular weight is 413 g/mol. The third-order valence-electron chi connectivity index (χ3n) is 4.43. The summed E-state index contributed by atoms with van der Waals surface area (Å²) >= 11 is 1.23. The van der Waals surface area contributed by atoms with E-state index in [0.717, 1.165) is 16.5 Å². The van der Waals surface area contributed by atoms with Gasteiger partial charge in [-0.05, 0) is 30.2 Å². The molecule has 29 heavy (non-hydrogen) atoms. The Bertz CT molecular complexity index is 1140. The van der Waals surface area contributed by atoms with Gasteiger partial charge in [-0.15, -0.1) is 11.3 Å². The number of nitrogens with zero attached hydrogens (tertiary/aromatic N) is 1. The summed E-state index contributed by atoms with van der Waals surface area (Å²) in [4.78, 5) is 19.9. The summed E-state index contributed by atoms with van der Waals surface area (Å²) in [6, 6.07) is 14.4. The first-order valence-corrected chi connectivity index (χ1v) is 9.82. The van der Waals surface area contributed by atoms with Crippen molar-refractivity contribution in [3.8, 4) is 17.0 Å². The number of alkyl halides is 2. The fraction of sp³-hybridized carbons (Fsp3) is 0.143. The molecule has 4 aromatic rings. The molecular weight excluding hydrogens is 396 g/mol. The summed E-state index contributed by atoms with van der Waals surface area (Å²) in [5.41, 5.74) is 3.03. The Morgan fingerprint density at radius 2 is 1.97 bits per heavy atom. The summed E-state index contributed by atoms with van der Waals surface area (Å²) in [7, 11) is 0. The number of nitrogens with one attached hydrogen (secondary N) is 2. The van der Waals surface area contributed by atoms with Gasteiger partial charge in [0.15, 0.2) is 5.13 Å². The van der Waals surface area contributed by atoms with E-state index in [1.807, 2.05) is 30.5 Å². The zero-order chi connectivity index (χ0) is 20.2. The number of rotatable bonds is 7. The van der Waals surface area contributed by atoms with Crippen molar-refractivity contribution in [3.63, 3.8) is 0 Å². The molecule has 2 N–H and O–H groups in total. The van der Waals surface area contributed by atoms with Crippen molar-refractivity contribution >= 4 is 33.3 Å². The molecular formula is C21H17F2N3O2S. The molecule has 0 radical (unpaired) electrons. The SMILES string of the molecule is O=C(CCc1c[nH]c2ccccc12)Nc1nc(-c2ccccc2OC(F)F)cs1. The summed E-state index contributed by atoms with van der Waals surface area (Å²) in [5, 5.41) is 5.99. The number of carbonyl (C=O) groups excluding carboxylic acids is 1. The van der Waals surface area contributed by atoms with Crippen LogP contribution in [0.4, 0.5) is 13.9 Å². The molecule has 148 valence electrons. The second kappa shape index (κ2) is 8.40. The lowest BCUT2D eigenvalue weighted by atomic mass is 10.1. The van der Waals surface area contributed by atoms with Gasteiger partial charge in [-0.3, -0.25) is 4.79 Å². The quantitative estimate of drug-likeness (QED) is 0.423. The molecule has 2 heterocycles. The lowest BCUT2D eigenvalue weighted by Crippen LogP contribution is -2.12. The minimum atomic E-state index is -2.92. The first-order valence-electron chi connectivity index (χ1n) is 8.95. The zero-order valence-electron chi connectivity index (χ0n) is 15.2. The van der Waals surface area contributed by atoms with Crippen LogP contribution in [-0.4, -0.2) is 22.5 Å². The highest BCUT2D eigenvalue weighted by Crippen LogP contribution is 2.33. The third kappa shape index (κ3) is 4.43. The van der Waals surface area contributed by atoms with Crippen molar-refractivity contribution in [2.45, 2.75) is 19.5 Å². The average Bonchev–Trinajstić information content (AvgIpc) is 3.33. The number of hydrogen-bond donors (Lipinski definition) is 2. The molecule has 0 unspecified atom stereocenters. The topological polar surface area (TPSA) is 67.0 Å². The molecule has 5 nitrogen and oxygen atoms in total. The van der Waals surface area contributed by atoms with E-state index >= 15 is 0 Å². The lowest BCUT2D eigenvalue weighted by Gasteiger charge is -2.08. The van der Waals surface area contributed by atoms with Crippen LogP contribution in [0.2, 0.25) is 0 Å². The third-order valence-corrected chi connectivity index (χ3v) is 5.18. The highest BCUT2D eigenvalue weighted by atomic mass is 32.1. The molecule has 0 saturated carbocycles. The first kappa shape index (κ1) is 19.1. The molecule has 0 saturated heterocycles. The number of carbonyl (C=O) groups is 1. The maximum atomic E-state index is 12.6. The largest absolute Gasteiger partial charge is 0.434 e. The van der Waals surface area contributed by atoms with Gasteiger partial charge in [-0.1, -0.05) is 30.3 Å². The van der Waals surface area contributed by atoms with E-state index in [1.165, 1.54) is 17.4 Å². The van der Waals surface area contributed by atoms with Gasteiger partial charge in [0.25, 0.3) is 0 Å². The maximum Gasteiger partial charge on any atom is 0.387 e. The van der Waals surface area contributed by atoms with Gasteiger partial charge in [0.1, 0.15) is 5.75 Å². The van der Waals surface area contributed by atoms with E-state index < -0.39 is 6.61 Å². The molecule has 0 fully saturated rings. The molecule has 2 aromatic heterocycles. The Morgan fingerprint density at radius 3 is 2.83 bits per heavy atom. The number of ether oxygens (including phenoxy) is 1. The van der Waals surface area contributed by atoms with Crippen LogP contribution in [0.25, 0.3) is 22.2 Å². The van der Waals surface area contributed by atoms with Crippen molar-refractivity contribution < 1.29 is 18.3 Å². The lowest BCUT2D eigenvalue weighted by molar-refractivity contribution is -0.116. The van der Waals surface area contributed by atoms with Crippen LogP contribution in [0.1, 0.15) is 12.0 Å². The molecule has 0 aliphatic heterocycles. The molecule has 0 aliphatic rings. The highest BCUT2D eigenvalue weighted by molar-refractivity contribution is 7.14. The highest BCUT2D eigenvalue weighted by Gasteiger charge is 2.14. The number of fused-ring (bicyclic) bond motifs is 1. The van der Waals surface area contributed by atoms with Gasteiger partial charge in [0, 0.05) is 34.5 Å². The number of benzene rings is 2. The predicted octanol–water partition coefficient (Wildman–Crippen LogP) is 5.46. The van der Waals surface area contributed by atoms with Gasteiger partial charge in [0.05, 0.1) is 5.69 Å². The van der Waals surface area contributed by atoms with Gasteiger partial charge >= 0.3 is 6.61 Å². The van der Waals surface area contributed by atoms with E-state index in [2.05, 4.69) is 20.0 Å². The normalized spacial score (nSPS) is 11.1. The molecule has 1 amide bonds. The molecule has 0 aliphatic carbocycles. The van der Waals surface area contributed by atoms with E-state index in [9.17, 15) is 13.6 Å². The van der Waals surface area contributed by atoms with Gasteiger partial charge in [-0.2, -0.15) is 8.78 Å². The van der Waals surface area contributed by atoms with Crippen molar-refractivity contribution in [2.75, 3.05) is 5.32 Å². The Labute approximate surface area is 169 Å². The van der Waals surface area contributed by atoms with Crippen molar-refractivity contribution in [2.24, 2.45) is 0 Å². The fourth-order valence-corrected chi connectivity index (χ4v) is 3.83. The van der Waals surface area contributed by atoms with Crippen LogP contribution in [0.5, 0.6) is 5.75 Å². The van der Waals surface area contributed by atoms with Gasteiger partial charge in [0.2, 0.25) is 5.91 Å². The van der Waals surface area contributed by atoms with E-state index in [4.69, 9.17) is 0 Å². The smallest absolute Gasteiger partial charge is 0.387 e.